The predicted molar refractivity (Wildman–Crippen MR) is 126 cm³/mol. The molecule has 0 N–H and O–H groups in total. The molecule has 1 fully saturated rings. The zero-order valence-corrected chi connectivity index (χ0v) is 18.0. The molecule has 1 aliphatic rings. The summed E-state index contributed by atoms with van der Waals surface area (Å²) >= 11 is 2.20. The predicted octanol–water partition coefficient (Wildman–Crippen LogP) is 7.05. The van der Waals surface area contributed by atoms with E-state index in [4.69, 9.17) is 4.74 Å². The Kier molecular flexibility index (Phi) is 7.16. The van der Waals surface area contributed by atoms with E-state index in [0.29, 0.717) is 0 Å². The van der Waals surface area contributed by atoms with Crippen LogP contribution in [0.3, 0.4) is 0 Å². The first-order valence-corrected chi connectivity index (χ1v) is 11.4. The van der Waals surface area contributed by atoms with Crippen LogP contribution in [0.2, 0.25) is 5.09 Å². The molecular weight excluding hydrogens is 359 g/mol. The molecule has 148 valence electrons. The molecule has 0 amide bonds. The molecule has 30 heavy (non-hydrogen) atoms. The molecule has 4 rings (SSSR count). The second-order valence-electron chi connectivity index (χ2n) is 8.31. The van der Waals surface area contributed by atoms with Gasteiger partial charge in [-0.15, -0.1) is 0 Å². The standard InChI is InChI=1S/C28H29O.Li/c1-2-27(22-23-14-12-13-15-23)29-28(24-16-6-3-7-17-24,25-18-8-4-9-19-25)26-20-10-5-11-21-26;/h2-11,16-21,23H,1,12-15,22H2;. The summed E-state index contributed by atoms with van der Waals surface area (Å²) in [5.41, 5.74) is 2.83. The summed E-state index contributed by atoms with van der Waals surface area (Å²) in [4.78, 5) is 0. The quantitative estimate of drug-likeness (QED) is 0.228. The third-order valence-corrected chi connectivity index (χ3v) is 6.22. The molecule has 1 saturated carbocycles. The average Bonchev–Trinajstić information content (AvgIpc) is 3.32. The van der Waals surface area contributed by atoms with Crippen molar-refractivity contribution in [3.05, 3.63) is 120 Å². The maximum atomic E-state index is 7.16. The van der Waals surface area contributed by atoms with Crippen molar-refractivity contribution >= 4 is 17.7 Å². The van der Waals surface area contributed by atoms with Crippen LogP contribution in [0.1, 0.15) is 48.8 Å². The van der Waals surface area contributed by atoms with Gasteiger partial charge in [-0.3, -0.25) is 0 Å². The van der Waals surface area contributed by atoms with Gasteiger partial charge in [-0.2, -0.15) is 0 Å². The fraction of sp³-hybridized carbons (Fsp3) is 0.286. The fourth-order valence-corrected chi connectivity index (χ4v) is 4.79. The van der Waals surface area contributed by atoms with E-state index in [2.05, 4.69) is 115 Å². The molecule has 0 heterocycles. The molecule has 3 aromatic rings. The Morgan fingerprint density at radius 3 is 1.60 bits per heavy atom. The van der Waals surface area contributed by atoms with Crippen molar-refractivity contribution in [1.29, 1.82) is 0 Å². The van der Waals surface area contributed by atoms with Crippen LogP contribution in [0.25, 0.3) is 0 Å². The summed E-state index contributed by atoms with van der Waals surface area (Å²) in [6.07, 6.45) is 8.67. The molecule has 0 bridgehead atoms. The Morgan fingerprint density at radius 2 is 1.20 bits per heavy atom. The molecule has 0 saturated heterocycles. The maximum absolute atomic E-state index is 7.16. The molecule has 3 aromatic carbocycles. The molecular formula is C28H29LiO. The summed E-state index contributed by atoms with van der Waals surface area (Å²) in [6.45, 7) is 0. The van der Waals surface area contributed by atoms with Crippen LogP contribution in [0.4, 0.5) is 0 Å². The minimum atomic E-state index is -0.663. The van der Waals surface area contributed by atoms with Crippen LogP contribution in [-0.2, 0) is 10.3 Å². The Bertz CT molecular complexity index is 831. The monoisotopic (exact) mass is 388 g/mol. The topological polar surface area (TPSA) is 9.23 Å². The summed E-state index contributed by atoms with van der Waals surface area (Å²) < 4.78 is 7.16. The van der Waals surface area contributed by atoms with Gasteiger partial charge in [-0.25, -0.2) is 0 Å². The Morgan fingerprint density at radius 1 is 0.767 bits per heavy atom. The molecule has 1 aliphatic carbocycles. The second kappa shape index (κ2) is 10.2. The third-order valence-electron chi connectivity index (χ3n) is 6.22. The minimum absolute atomic E-state index is 0.663. The number of hydrogen-bond donors (Lipinski definition) is 0. The zero-order valence-electron chi connectivity index (χ0n) is 18.0. The van der Waals surface area contributed by atoms with Crippen LogP contribution >= 0.6 is 0 Å². The molecule has 1 nitrogen and oxygen atoms in total. The van der Waals surface area contributed by atoms with E-state index in [0.717, 1.165) is 39.9 Å². The van der Waals surface area contributed by atoms with Crippen LogP contribution in [0.5, 0.6) is 0 Å². The van der Waals surface area contributed by atoms with Gasteiger partial charge in [0.2, 0.25) is 0 Å². The van der Waals surface area contributed by atoms with Crippen molar-refractivity contribution < 1.29 is 4.74 Å². The van der Waals surface area contributed by atoms with E-state index in [9.17, 15) is 0 Å². The van der Waals surface area contributed by atoms with Crippen LogP contribution in [-0.4, -0.2) is 17.7 Å². The first-order valence-electron chi connectivity index (χ1n) is 11.4. The number of hydrogen-bond acceptors (Lipinski definition) is 1. The Balaban J connectivity index is 1.86. The number of benzene rings is 3. The summed E-state index contributed by atoms with van der Waals surface area (Å²) in [5, 5.41) is 0.983. The molecule has 2 heteroatoms. The zero-order chi connectivity index (χ0) is 20.7. The van der Waals surface area contributed by atoms with Crippen molar-refractivity contribution in [3.63, 3.8) is 0 Å². The van der Waals surface area contributed by atoms with E-state index in [-0.39, 0.29) is 0 Å². The van der Waals surface area contributed by atoms with Gasteiger partial charge in [-0.05, 0) is 0 Å². The third kappa shape index (κ3) is 4.59. The average molecular weight is 388 g/mol. The second-order valence-corrected chi connectivity index (χ2v) is 8.31. The van der Waals surface area contributed by atoms with E-state index in [1.165, 1.54) is 25.7 Å². The van der Waals surface area contributed by atoms with E-state index < -0.39 is 5.60 Å². The summed E-state index contributed by atoms with van der Waals surface area (Å²) in [7, 11) is 0. The molecule has 0 atom stereocenters. The van der Waals surface area contributed by atoms with Gasteiger partial charge in [0.25, 0.3) is 0 Å². The van der Waals surface area contributed by atoms with Crippen molar-refractivity contribution in [1.82, 2.24) is 0 Å². The van der Waals surface area contributed by atoms with Crippen molar-refractivity contribution in [2.75, 3.05) is 0 Å². The van der Waals surface area contributed by atoms with Gasteiger partial charge in [0.1, 0.15) is 0 Å². The van der Waals surface area contributed by atoms with Crippen molar-refractivity contribution in [3.8, 4) is 0 Å². The van der Waals surface area contributed by atoms with Crippen LogP contribution in [0, 0.1) is 5.92 Å². The van der Waals surface area contributed by atoms with Gasteiger partial charge >= 0.3 is 191 Å². The summed E-state index contributed by atoms with van der Waals surface area (Å²) in [5.74, 6) is 1.86. The van der Waals surface area contributed by atoms with Crippen LogP contribution < -0.4 is 0 Å². The molecule has 0 unspecified atom stereocenters. The first-order chi connectivity index (χ1) is 14.8. The molecule has 0 radical (unpaired) electrons. The number of ether oxygens (including phenoxy) is 1. The van der Waals surface area contributed by atoms with Crippen molar-refractivity contribution in [2.24, 2.45) is 5.92 Å². The van der Waals surface area contributed by atoms with Crippen LogP contribution in [0.15, 0.2) is 103 Å². The van der Waals surface area contributed by atoms with E-state index in [1.54, 1.807) is 0 Å². The Labute approximate surface area is 190 Å². The molecule has 0 aliphatic heterocycles. The SMILES string of the molecule is [Li][CH2]C=C(CC1CCCC1)OC(c1ccccc1)(c1ccccc1)c1ccccc1. The van der Waals surface area contributed by atoms with Gasteiger partial charge < -0.3 is 0 Å². The number of rotatable bonds is 8. The molecule has 0 spiro atoms. The number of allylic oxidation sites excluding steroid dienone is 2. The normalized spacial score (nSPS) is 15.3. The van der Waals surface area contributed by atoms with E-state index >= 15 is 0 Å². The first kappa shape index (κ1) is 21.0. The van der Waals surface area contributed by atoms with Gasteiger partial charge in [0, 0.05) is 0 Å². The summed E-state index contributed by atoms with van der Waals surface area (Å²) in [6, 6.07) is 32.1. The van der Waals surface area contributed by atoms with Crippen molar-refractivity contribution in [2.45, 2.75) is 42.8 Å². The fourth-order valence-electron chi connectivity index (χ4n) is 4.79. The van der Waals surface area contributed by atoms with Gasteiger partial charge in [-0.1, -0.05) is 0 Å². The Hall–Kier alpha value is -2.20. The molecule has 0 aromatic heterocycles. The van der Waals surface area contributed by atoms with Gasteiger partial charge in [0.05, 0.1) is 0 Å². The van der Waals surface area contributed by atoms with E-state index in [1.807, 2.05) is 0 Å². The van der Waals surface area contributed by atoms with Gasteiger partial charge in [0.15, 0.2) is 0 Å².